The Balaban J connectivity index is 1.61. The zero-order valence-corrected chi connectivity index (χ0v) is 12.5. The van der Waals surface area contributed by atoms with Crippen molar-refractivity contribution in [2.75, 3.05) is 13.7 Å². The number of nitrogens with one attached hydrogen (secondary N) is 1. The highest BCUT2D eigenvalue weighted by atomic mass is 16.5. The van der Waals surface area contributed by atoms with E-state index in [-0.39, 0.29) is 6.10 Å². The van der Waals surface area contributed by atoms with Gasteiger partial charge in [-0.2, -0.15) is 5.10 Å². The Hall–Kier alpha value is -2.01. The first-order chi connectivity index (χ1) is 10.3. The first-order valence-electron chi connectivity index (χ1n) is 7.31. The Morgan fingerprint density at radius 2 is 2.38 bits per heavy atom. The predicted octanol–water partition coefficient (Wildman–Crippen LogP) is 2.00. The second-order valence-corrected chi connectivity index (χ2v) is 5.35. The molecule has 2 heterocycles. The number of benzene rings is 1. The third-order valence-corrected chi connectivity index (χ3v) is 3.69. The van der Waals surface area contributed by atoms with Crippen LogP contribution in [0.25, 0.3) is 0 Å². The lowest BCUT2D eigenvalue weighted by molar-refractivity contribution is 0.254. The zero-order chi connectivity index (χ0) is 14.7. The van der Waals surface area contributed by atoms with Gasteiger partial charge in [0.25, 0.3) is 0 Å². The van der Waals surface area contributed by atoms with Crippen LogP contribution >= 0.6 is 0 Å². The van der Waals surface area contributed by atoms with Crippen molar-refractivity contribution in [3.8, 4) is 11.5 Å². The van der Waals surface area contributed by atoms with Crippen LogP contribution in [0, 0.1) is 0 Å². The molecule has 0 aliphatic carbocycles. The summed E-state index contributed by atoms with van der Waals surface area (Å²) in [5.74, 6) is 1.92. The summed E-state index contributed by atoms with van der Waals surface area (Å²) in [6.45, 7) is 4.57. The fraction of sp³-hybridized carbons (Fsp3) is 0.438. The number of hydrogen-bond acceptors (Lipinski definition) is 4. The van der Waals surface area contributed by atoms with E-state index in [4.69, 9.17) is 9.47 Å². The van der Waals surface area contributed by atoms with Crippen molar-refractivity contribution in [2.45, 2.75) is 32.5 Å². The van der Waals surface area contributed by atoms with Gasteiger partial charge in [-0.25, -0.2) is 0 Å². The van der Waals surface area contributed by atoms with E-state index in [9.17, 15) is 0 Å². The summed E-state index contributed by atoms with van der Waals surface area (Å²) < 4.78 is 13.2. The van der Waals surface area contributed by atoms with Crippen molar-refractivity contribution in [3.63, 3.8) is 0 Å². The normalized spacial score (nSPS) is 16.6. The maximum Gasteiger partial charge on any atom is 0.123 e. The molecule has 1 aliphatic heterocycles. The molecule has 21 heavy (non-hydrogen) atoms. The van der Waals surface area contributed by atoms with Crippen LogP contribution in [0.1, 0.15) is 18.1 Å². The van der Waals surface area contributed by atoms with E-state index in [0.29, 0.717) is 0 Å². The van der Waals surface area contributed by atoms with Crippen LogP contribution in [0.15, 0.2) is 30.6 Å². The highest BCUT2D eigenvalue weighted by Crippen LogP contribution is 2.34. The van der Waals surface area contributed by atoms with Crippen LogP contribution in [0.2, 0.25) is 0 Å². The van der Waals surface area contributed by atoms with Crippen LogP contribution in [0.4, 0.5) is 0 Å². The monoisotopic (exact) mass is 287 g/mol. The van der Waals surface area contributed by atoms with Gasteiger partial charge in [0.15, 0.2) is 0 Å². The molecule has 0 bridgehead atoms. The largest absolute Gasteiger partial charge is 0.496 e. The molecule has 3 rings (SSSR count). The average molecular weight is 287 g/mol. The summed E-state index contributed by atoms with van der Waals surface area (Å²) in [5, 5.41) is 7.60. The topological polar surface area (TPSA) is 48.3 Å². The van der Waals surface area contributed by atoms with Gasteiger partial charge < -0.3 is 14.8 Å². The first kappa shape index (κ1) is 13.9. The van der Waals surface area contributed by atoms with Gasteiger partial charge in [-0.15, -0.1) is 0 Å². The number of hydrogen-bond donors (Lipinski definition) is 1. The zero-order valence-electron chi connectivity index (χ0n) is 12.5. The molecule has 5 heteroatoms. The molecule has 0 amide bonds. The highest BCUT2D eigenvalue weighted by molar-refractivity contribution is 5.48. The maximum atomic E-state index is 5.81. The minimum absolute atomic E-state index is 0.257. The van der Waals surface area contributed by atoms with Crippen LogP contribution in [0.3, 0.4) is 0 Å². The summed E-state index contributed by atoms with van der Waals surface area (Å²) in [5.41, 5.74) is 2.37. The van der Waals surface area contributed by atoms with Gasteiger partial charge in [-0.3, -0.25) is 4.68 Å². The van der Waals surface area contributed by atoms with Gasteiger partial charge in [-0.05, 0) is 25.1 Å². The molecule has 5 nitrogen and oxygen atoms in total. The fourth-order valence-corrected chi connectivity index (χ4v) is 2.66. The second-order valence-electron chi connectivity index (χ2n) is 5.35. The highest BCUT2D eigenvalue weighted by Gasteiger charge is 2.21. The minimum Gasteiger partial charge on any atom is -0.496 e. The number of rotatable bonds is 6. The van der Waals surface area contributed by atoms with E-state index >= 15 is 0 Å². The smallest absolute Gasteiger partial charge is 0.123 e. The first-order valence-corrected chi connectivity index (χ1v) is 7.31. The molecule has 0 spiro atoms. The quantitative estimate of drug-likeness (QED) is 0.826. The number of nitrogens with zero attached hydrogens (tertiary/aromatic N) is 2. The van der Waals surface area contributed by atoms with E-state index in [1.165, 1.54) is 5.56 Å². The second kappa shape index (κ2) is 6.18. The van der Waals surface area contributed by atoms with Gasteiger partial charge in [0.05, 0.1) is 13.7 Å². The molecule has 1 N–H and O–H groups in total. The molecular weight excluding hydrogens is 266 g/mol. The van der Waals surface area contributed by atoms with E-state index < -0.39 is 0 Å². The maximum absolute atomic E-state index is 5.81. The summed E-state index contributed by atoms with van der Waals surface area (Å²) >= 11 is 0. The van der Waals surface area contributed by atoms with Crippen molar-refractivity contribution in [2.24, 2.45) is 0 Å². The van der Waals surface area contributed by atoms with Gasteiger partial charge in [0.1, 0.15) is 17.6 Å². The Labute approximate surface area is 124 Å². The molecule has 0 saturated carbocycles. The standard InChI is InChI=1S/C16H21N3O2/c1-12-8-13-9-15(20-2)14(10-16(13)21-12)11-17-5-7-19-6-3-4-18-19/h3-4,6,9-10,12,17H,5,7-8,11H2,1-2H3/t12-/m1/s1. The lowest BCUT2D eigenvalue weighted by atomic mass is 10.1. The molecule has 1 aromatic carbocycles. The van der Waals surface area contributed by atoms with Crippen molar-refractivity contribution < 1.29 is 9.47 Å². The van der Waals surface area contributed by atoms with Crippen LogP contribution in [0.5, 0.6) is 11.5 Å². The minimum atomic E-state index is 0.257. The van der Waals surface area contributed by atoms with Crippen molar-refractivity contribution in [1.29, 1.82) is 0 Å². The van der Waals surface area contributed by atoms with Gasteiger partial charge in [-0.1, -0.05) is 0 Å². The number of ether oxygens (including phenoxy) is 2. The van der Waals surface area contributed by atoms with Gasteiger partial charge in [0, 0.05) is 43.0 Å². The molecule has 0 fully saturated rings. The van der Waals surface area contributed by atoms with E-state index in [1.54, 1.807) is 13.3 Å². The summed E-state index contributed by atoms with van der Waals surface area (Å²) in [4.78, 5) is 0. The Kier molecular flexibility index (Phi) is 4.10. The van der Waals surface area contributed by atoms with Crippen molar-refractivity contribution in [1.82, 2.24) is 15.1 Å². The van der Waals surface area contributed by atoms with Crippen LogP contribution in [-0.2, 0) is 19.5 Å². The summed E-state index contributed by atoms with van der Waals surface area (Å²) in [6, 6.07) is 6.13. The molecule has 0 radical (unpaired) electrons. The molecular formula is C16H21N3O2. The fourth-order valence-electron chi connectivity index (χ4n) is 2.66. The van der Waals surface area contributed by atoms with Crippen LogP contribution < -0.4 is 14.8 Å². The molecule has 1 aliphatic rings. The molecule has 1 atom stereocenters. The SMILES string of the molecule is COc1cc2c(cc1CNCCn1cccn1)O[C@H](C)C2. The number of fused-ring (bicyclic) bond motifs is 1. The molecule has 2 aromatic rings. The van der Waals surface area contributed by atoms with Gasteiger partial charge >= 0.3 is 0 Å². The average Bonchev–Trinajstić information content (AvgIpc) is 3.10. The predicted molar refractivity (Wildman–Crippen MR) is 80.7 cm³/mol. The van der Waals surface area contributed by atoms with Crippen LogP contribution in [-0.4, -0.2) is 29.5 Å². The summed E-state index contributed by atoms with van der Waals surface area (Å²) in [7, 11) is 1.72. The van der Waals surface area contributed by atoms with E-state index in [1.807, 2.05) is 16.9 Å². The molecule has 0 unspecified atom stereocenters. The Morgan fingerprint density at radius 1 is 1.48 bits per heavy atom. The molecule has 0 saturated heterocycles. The Morgan fingerprint density at radius 3 is 3.14 bits per heavy atom. The van der Waals surface area contributed by atoms with E-state index in [2.05, 4.69) is 29.5 Å². The third-order valence-electron chi connectivity index (χ3n) is 3.69. The third kappa shape index (κ3) is 3.19. The lowest BCUT2D eigenvalue weighted by Gasteiger charge is -2.12. The lowest BCUT2D eigenvalue weighted by Crippen LogP contribution is -2.20. The van der Waals surface area contributed by atoms with Gasteiger partial charge in [0.2, 0.25) is 0 Å². The Bertz CT molecular complexity index is 596. The van der Waals surface area contributed by atoms with E-state index in [0.717, 1.165) is 43.1 Å². The molecule has 112 valence electrons. The molecule has 1 aromatic heterocycles. The summed E-state index contributed by atoms with van der Waals surface area (Å²) in [6.07, 6.45) is 4.97. The van der Waals surface area contributed by atoms with Crippen molar-refractivity contribution >= 4 is 0 Å². The number of methoxy groups -OCH3 is 1. The van der Waals surface area contributed by atoms with Crippen molar-refractivity contribution in [3.05, 3.63) is 41.7 Å². The number of aromatic nitrogens is 2.